The molecule has 162 valence electrons. The van der Waals surface area contributed by atoms with Gasteiger partial charge in [0, 0.05) is 6.92 Å². The number of terminal acetylenes is 1. The summed E-state index contributed by atoms with van der Waals surface area (Å²) in [7, 11) is 0. The highest BCUT2D eigenvalue weighted by molar-refractivity contribution is 5.75. The van der Waals surface area contributed by atoms with Crippen molar-refractivity contribution in [3.63, 3.8) is 0 Å². The predicted octanol–water partition coefficient (Wildman–Crippen LogP) is -3.29. The third-order valence-electron chi connectivity index (χ3n) is 4.77. The summed E-state index contributed by atoms with van der Waals surface area (Å²) >= 11 is 0. The van der Waals surface area contributed by atoms with Crippen LogP contribution in [0.2, 0.25) is 0 Å². The quantitative estimate of drug-likeness (QED) is 0.128. The van der Waals surface area contributed by atoms with E-state index >= 15 is 0 Å². The third kappa shape index (κ3) is 4.52. The second-order valence-electron chi connectivity index (χ2n) is 6.75. The van der Waals surface area contributed by atoms with E-state index in [1.807, 2.05) is 0 Å². The van der Waals surface area contributed by atoms with Gasteiger partial charge in [0.1, 0.15) is 48.8 Å². The van der Waals surface area contributed by atoms with Gasteiger partial charge < -0.3 is 49.3 Å². The molecule has 4 unspecified atom stereocenters. The molecule has 3 heterocycles. The largest absolute Gasteiger partial charge is 0.450 e. The lowest BCUT2D eigenvalue weighted by Gasteiger charge is -2.44. The molecule has 0 bridgehead atoms. The maximum Gasteiger partial charge on any atom is 0.227 e. The monoisotopic (exact) mass is 416 g/mol. The van der Waals surface area contributed by atoms with Crippen molar-refractivity contribution < 1.29 is 49.3 Å². The highest BCUT2D eigenvalue weighted by Crippen LogP contribution is 2.32. The van der Waals surface area contributed by atoms with Gasteiger partial charge in [-0.3, -0.25) is 0 Å². The van der Waals surface area contributed by atoms with E-state index in [4.69, 9.17) is 30.2 Å². The van der Waals surface area contributed by atoms with Crippen molar-refractivity contribution in [2.24, 2.45) is 10.1 Å². The first-order chi connectivity index (χ1) is 13.9. The lowest BCUT2D eigenvalue weighted by Crippen LogP contribution is -2.63. The Morgan fingerprint density at radius 2 is 1.93 bits per heavy atom. The molecule has 0 spiro atoms. The molecule has 0 saturated carbocycles. The molecule has 5 N–H and O–H groups in total. The Morgan fingerprint density at radius 1 is 1.17 bits per heavy atom. The van der Waals surface area contributed by atoms with E-state index in [1.165, 1.54) is 0 Å². The van der Waals surface area contributed by atoms with Gasteiger partial charge in [-0.25, -0.2) is 4.99 Å². The van der Waals surface area contributed by atoms with E-state index < -0.39 is 68.0 Å². The number of oxime groups is 1. The van der Waals surface area contributed by atoms with Crippen LogP contribution in [0.1, 0.15) is 6.92 Å². The van der Waals surface area contributed by atoms with Gasteiger partial charge in [0.15, 0.2) is 18.8 Å². The van der Waals surface area contributed by atoms with Crippen LogP contribution in [-0.4, -0.2) is 112 Å². The average molecular weight is 416 g/mol. The van der Waals surface area contributed by atoms with Crippen LogP contribution >= 0.6 is 0 Å². The third-order valence-corrected chi connectivity index (χ3v) is 4.77. The first-order valence-electron chi connectivity index (χ1n) is 8.96. The highest BCUT2D eigenvalue weighted by atomic mass is 16.7. The van der Waals surface area contributed by atoms with Gasteiger partial charge in [0.05, 0.1) is 12.8 Å². The van der Waals surface area contributed by atoms with Gasteiger partial charge in [-0.05, 0) is 0 Å². The molecule has 3 aliphatic rings. The van der Waals surface area contributed by atoms with Gasteiger partial charge in [-0.2, -0.15) is 0 Å². The molecule has 3 rings (SSSR count). The Kier molecular flexibility index (Phi) is 7.04. The van der Waals surface area contributed by atoms with Crippen molar-refractivity contribution >= 4 is 12.1 Å². The van der Waals surface area contributed by atoms with Crippen LogP contribution in [0, 0.1) is 12.3 Å². The molecule has 0 radical (unpaired) electrons. The van der Waals surface area contributed by atoms with Crippen LogP contribution < -0.4 is 0 Å². The number of rotatable bonds is 6. The molecular formula is C17H24N2O10. The van der Waals surface area contributed by atoms with Crippen LogP contribution in [0.15, 0.2) is 10.1 Å². The summed E-state index contributed by atoms with van der Waals surface area (Å²) in [5.74, 6) is 2.51. The average Bonchev–Trinajstić information content (AvgIpc) is 3.08. The van der Waals surface area contributed by atoms with Crippen molar-refractivity contribution in [2.75, 3.05) is 13.2 Å². The predicted molar refractivity (Wildman–Crippen MR) is 94.6 cm³/mol. The molecule has 10 atom stereocenters. The fraction of sp³-hybridized carbons (Fsp3) is 0.765. The van der Waals surface area contributed by atoms with Gasteiger partial charge in [-0.1, -0.05) is 11.1 Å². The van der Waals surface area contributed by atoms with E-state index in [-0.39, 0.29) is 6.61 Å². The van der Waals surface area contributed by atoms with E-state index in [9.17, 15) is 25.5 Å². The Balaban J connectivity index is 1.72. The second kappa shape index (κ2) is 9.33. The lowest BCUT2D eigenvalue weighted by molar-refractivity contribution is -0.330. The number of aliphatic hydroxyl groups excluding tert-OH is 5. The first-order valence-corrected chi connectivity index (χ1v) is 8.96. The number of ether oxygens (including phenoxy) is 4. The Labute approximate surface area is 166 Å². The van der Waals surface area contributed by atoms with Gasteiger partial charge in [0.25, 0.3) is 0 Å². The molecule has 0 aromatic carbocycles. The molecule has 0 aromatic heterocycles. The molecule has 29 heavy (non-hydrogen) atoms. The minimum atomic E-state index is -1.66. The molecule has 0 aromatic rings. The lowest BCUT2D eigenvalue weighted by atomic mass is 9.96. The second-order valence-corrected chi connectivity index (χ2v) is 6.75. The molecule has 2 saturated heterocycles. The van der Waals surface area contributed by atoms with E-state index in [0.717, 1.165) is 6.21 Å². The highest BCUT2D eigenvalue weighted by Gasteiger charge is 2.52. The van der Waals surface area contributed by atoms with Crippen LogP contribution in [0.5, 0.6) is 0 Å². The summed E-state index contributed by atoms with van der Waals surface area (Å²) in [6, 6.07) is -0.798. The molecule has 0 aliphatic carbocycles. The standard InChI is InChI=1S/C17H24N2O10/c1-3-4-25-18-5-8-11(21)13(23)14(24)17(27-8)29-15-9(6-20)28-16-10(12(15)22)19-7(2)26-16/h1,5,8-17,20-24H,4,6H2,2H3/b18-5-/t8?,9?,10?,11-,12+,13-,14?,15+,16-,17-/m0/s1. The van der Waals surface area contributed by atoms with Crippen LogP contribution in [-0.2, 0) is 23.8 Å². The number of hydrogen-bond acceptors (Lipinski definition) is 12. The van der Waals surface area contributed by atoms with Crippen molar-refractivity contribution in [1.82, 2.24) is 0 Å². The van der Waals surface area contributed by atoms with Crippen LogP contribution in [0.3, 0.4) is 0 Å². The topological polar surface area (TPSA) is 172 Å². The minimum Gasteiger partial charge on any atom is -0.450 e. The number of aliphatic imine (C=N–C) groups is 1. The fourth-order valence-corrected chi connectivity index (χ4v) is 3.31. The zero-order valence-corrected chi connectivity index (χ0v) is 15.5. The van der Waals surface area contributed by atoms with Crippen molar-refractivity contribution in [1.29, 1.82) is 0 Å². The molecule has 3 aliphatic heterocycles. The number of aliphatic hydroxyl groups is 5. The molecule has 0 amide bonds. The smallest absolute Gasteiger partial charge is 0.227 e. The minimum absolute atomic E-state index is 0.112. The summed E-state index contributed by atoms with van der Waals surface area (Å²) in [6.07, 6.45) is -5.74. The Hall–Kier alpha value is -1.82. The number of hydrogen-bond donors (Lipinski definition) is 5. The van der Waals surface area contributed by atoms with Crippen molar-refractivity contribution in [3.8, 4) is 12.3 Å². The van der Waals surface area contributed by atoms with Gasteiger partial charge >= 0.3 is 0 Å². The molecular weight excluding hydrogens is 392 g/mol. The van der Waals surface area contributed by atoms with Crippen molar-refractivity contribution in [2.45, 2.75) is 68.3 Å². The summed E-state index contributed by atoms with van der Waals surface area (Å²) < 4.78 is 22.0. The summed E-state index contributed by atoms with van der Waals surface area (Å²) in [6.45, 7) is 0.959. The first kappa shape index (κ1) is 21.9. The molecule has 2 fully saturated rings. The normalized spacial score (nSPS) is 44.7. The van der Waals surface area contributed by atoms with E-state index in [0.29, 0.717) is 5.90 Å². The SMILES string of the molecule is C#CCO/N=C\C1O[C@@H](O[C@@H]2C(CO)O[C@@H]3OC(C)=NC3[C@H]2O)C(O)[C@@H](O)[C@H]1O. The number of fused-ring (bicyclic) bond motifs is 1. The Morgan fingerprint density at radius 3 is 2.62 bits per heavy atom. The van der Waals surface area contributed by atoms with Crippen LogP contribution in [0.25, 0.3) is 0 Å². The zero-order chi connectivity index (χ0) is 21.1. The summed E-state index contributed by atoms with van der Waals surface area (Å²) in [5, 5.41) is 54.2. The number of nitrogens with zero attached hydrogens (tertiary/aromatic N) is 2. The molecule has 12 heteroatoms. The molecule has 12 nitrogen and oxygen atoms in total. The van der Waals surface area contributed by atoms with Gasteiger partial charge in [-0.15, -0.1) is 6.42 Å². The van der Waals surface area contributed by atoms with E-state index in [1.54, 1.807) is 6.92 Å². The summed E-state index contributed by atoms with van der Waals surface area (Å²) in [5.41, 5.74) is 0. The van der Waals surface area contributed by atoms with E-state index in [2.05, 4.69) is 16.1 Å². The fourth-order valence-electron chi connectivity index (χ4n) is 3.31. The van der Waals surface area contributed by atoms with Gasteiger partial charge in [0.2, 0.25) is 6.29 Å². The van der Waals surface area contributed by atoms with Crippen LogP contribution in [0.4, 0.5) is 0 Å². The van der Waals surface area contributed by atoms with Crippen molar-refractivity contribution in [3.05, 3.63) is 0 Å². The summed E-state index contributed by atoms with van der Waals surface area (Å²) in [4.78, 5) is 8.86. The maximum atomic E-state index is 10.6. The maximum absolute atomic E-state index is 10.6. The zero-order valence-electron chi connectivity index (χ0n) is 15.5. The Bertz CT molecular complexity index is 667.